The molecule has 0 aliphatic carbocycles. The number of carbonyl (C=O) groups is 1. The fourth-order valence-electron chi connectivity index (χ4n) is 3.37. The largest absolute Gasteiger partial charge is 0.493 e. The number of rotatable bonds is 7. The number of non-ortho nitro benzene ring substituents is 1. The third-order valence-electron chi connectivity index (χ3n) is 5.12. The van der Waals surface area contributed by atoms with E-state index < -0.39 is 4.92 Å². The molecule has 3 aromatic carbocycles. The first-order valence-corrected chi connectivity index (χ1v) is 11.4. The number of thioether (sulfide) groups is 1. The van der Waals surface area contributed by atoms with Crippen molar-refractivity contribution in [1.29, 1.82) is 5.26 Å². The molecule has 1 aliphatic rings. The van der Waals surface area contributed by atoms with E-state index in [4.69, 9.17) is 21.7 Å². The zero-order valence-electron chi connectivity index (χ0n) is 18.3. The smallest absolute Gasteiger partial charge is 0.270 e. The Bertz CT molecular complexity index is 1400. The van der Waals surface area contributed by atoms with Crippen LogP contribution >= 0.6 is 24.0 Å². The minimum atomic E-state index is -0.503. The van der Waals surface area contributed by atoms with Gasteiger partial charge in [0.25, 0.3) is 11.6 Å². The number of nitro benzene ring substituents is 1. The molecule has 1 fully saturated rings. The van der Waals surface area contributed by atoms with E-state index in [0.29, 0.717) is 37.5 Å². The number of hydrogen-bond donors (Lipinski definition) is 0. The summed E-state index contributed by atoms with van der Waals surface area (Å²) in [5.74, 6) is 0.649. The number of nitrogens with zero attached hydrogens (tertiary/aromatic N) is 3. The maximum Gasteiger partial charge on any atom is 0.270 e. The number of ether oxygens (including phenoxy) is 2. The zero-order valence-corrected chi connectivity index (χ0v) is 20.0. The minimum Gasteiger partial charge on any atom is -0.493 e. The van der Waals surface area contributed by atoms with Gasteiger partial charge in [-0.3, -0.25) is 19.8 Å². The lowest BCUT2D eigenvalue weighted by molar-refractivity contribution is -0.384. The van der Waals surface area contributed by atoms with Crippen molar-refractivity contribution in [2.24, 2.45) is 0 Å². The lowest BCUT2D eigenvalue weighted by atomic mass is 10.1. The first-order chi connectivity index (χ1) is 16.9. The molecule has 1 saturated heterocycles. The van der Waals surface area contributed by atoms with Crippen molar-refractivity contribution in [1.82, 2.24) is 0 Å². The van der Waals surface area contributed by atoms with Crippen LogP contribution in [0.15, 0.2) is 71.6 Å². The Morgan fingerprint density at radius 2 is 1.89 bits per heavy atom. The SMILES string of the molecule is COc1cc(/C=C2/SC(=S)N(c3ccc([N+](=O)[O-])cc3)C2=O)ccc1OCc1ccccc1C#N. The predicted molar refractivity (Wildman–Crippen MR) is 137 cm³/mol. The van der Waals surface area contributed by atoms with Crippen LogP contribution < -0.4 is 14.4 Å². The van der Waals surface area contributed by atoms with E-state index >= 15 is 0 Å². The van der Waals surface area contributed by atoms with Crippen molar-refractivity contribution < 1.29 is 19.2 Å². The van der Waals surface area contributed by atoms with Crippen LogP contribution in [-0.2, 0) is 11.4 Å². The molecule has 10 heteroatoms. The van der Waals surface area contributed by atoms with Gasteiger partial charge in [0.15, 0.2) is 15.8 Å². The number of benzene rings is 3. The number of nitro groups is 1. The topological polar surface area (TPSA) is 106 Å². The van der Waals surface area contributed by atoms with Gasteiger partial charge in [-0.25, -0.2) is 0 Å². The second-order valence-corrected chi connectivity index (χ2v) is 8.93. The van der Waals surface area contributed by atoms with Crippen molar-refractivity contribution >= 4 is 51.7 Å². The zero-order chi connectivity index (χ0) is 24.9. The van der Waals surface area contributed by atoms with Gasteiger partial charge in [-0.05, 0) is 42.0 Å². The van der Waals surface area contributed by atoms with Crippen molar-refractivity contribution in [2.75, 3.05) is 12.0 Å². The molecular formula is C25H17N3O5S2. The molecule has 1 amide bonds. The third-order valence-corrected chi connectivity index (χ3v) is 6.42. The number of amides is 1. The molecule has 174 valence electrons. The Hall–Kier alpha value is -4.20. The molecule has 4 rings (SSSR count). The Labute approximate surface area is 210 Å². The molecule has 0 unspecified atom stereocenters. The van der Waals surface area contributed by atoms with Crippen molar-refractivity contribution in [3.63, 3.8) is 0 Å². The normalized spacial score (nSPS) is 14.2. The Morgan fingerprint density at radius 3 is 2.57 bits per heavy atom. The molecule has 0 aromatic heterocycles. The Kier molecular flexibility index (Phi) is 7.10. The van der Waals surface area contributed by atoms with E-state index in [-0.39, 0.29) is 18.2 Å². The van der Waals surface area contributed by atoms with Crippen LogP contribution in [0.1, 0.15) is 16.7 Å². The number of anilines is 1. The van der Waals surface area contributed by atoms with Crippen molar-refractivity contribution in [3.05, 3.63) is 98.4 Å². The van der Waals surface area contributed by atoms with E-state index in [1.54, 1.807) is 36.4 Å². The van der Waals surface area contributed by atoms with Gasteiger partial charge in [0.05, 0.1) is 34.3 Å². The summed E-state index contributed by atoms with van der Waals surface area (Å²) in [6.07, 6.45) is 1.70. The highest BCUT2D eigenvalue weighted by atomic mass is 32.2. The van der Waals surface area contributed by atoms with Gasteiger partial charge < -0.3 is 9.47 Å². The monoisotopic (exact) mass is 503 g/mol. The average Bonchev–Trinajstić information content (AvgIpc) is 3.15. The Balaban J connectivity index is 1.53. The molecule has 1 aliphatic heterocycles. The molecule has 35 heavy (non-hydrogen) atoms. The van der Waals surface area contributed by atoms with E-state index in [0.717, 1.165) is 17.3 Å². The maximum absolute atomic E-state index is 13.0. The molecular weight excluding hydrogens is 486 g/mol. The number of thiocarbonyl (C=S) groups is 1. The highest BCUT2D eigenvalue weighted by molar-refractivity contribution is 8.27. The van der Waals surface area contributed by atoms with Crippen LogP contribution in [0.25, 0.3) is 6.08 Å². The molecule has 0 N–H and O–H groups in total. The summed E-state index contributed by atoms with van der Waals surface area (Å²) in [5.41, 5.74) is 2.39. The number of hydrogen-bond acceptors (Lipinski definition) is 8. The van der Waals surface area contributed by atoms with Crippen LogP contribution in [-0.4, -0.2) is 22.3 Å². The fraction of sp³-hybridized carbons (Fsp3) is 0.0800. The van der Waals surface area contributed by atoms with Gasteiger partial charge in [-0.15, -0.1) is 0 Å². The quantitative estimate of drug-likeness (QED) is 0.181. The summed E-state index contributed by atoms with van der Waals surface area (Å²) in [7, 11) is 1.52. The van der Waals surface area contributed by atoms with Gasteiger partial charge in [0.1, 0.15) is 6.61 Å². The predicted octanol–water partition coefficient (Wildman–Crippen LogP) is 5.46. The molecule has 1 heterocycles. The summed E-state index contributed by atoms with van der Waals surface area (Å²) in [6, 6.07) is 20.2. The molecule has 3 aromatic rings. The molecule has 0 radical (unpaired) electrons. The van der Waals surface area contributed by atoms with Gasteiger partial charge in [-0.1, -0.05) is 48.2 Å². The summed E-state index contributed by atoms with van der Waals surface area (Å²) < 4.78 is 11.7. The molecule has 0 spiro atoms. The summed E-state index contributed by atoms with van der Waals surface area (Å²) in [6.45, 7) is 0.202. The van der Waals surface area contributed by atoms with Crippen LogP contribution in [0.4, 0.5) is 11.4 Å². The van der Waals surface area contributed by atoms with Crippen LogP contribution in [0.5, 0.6) is 11.5 Å². The van der Waals surface area contributed by atoms with E-state index in [1.807, 2.05) is 12.1 Å². The van der Waals surface area contributed by atoms with Crippen LogP contribution in [0.2, 0.25) is 0 Å². The maximum atomic E-state index is 13.0. The fourth-order valence-corrected chi connectivity index (χ4v) is 4.67. The number of methoxy groups -OCH3 is 1. The van der Waals surface area contributed by atoms with Gasteiger partial charge >= 0.3 is 0 Å². The highest BCUT2D eigenvalue weighted by Crippen LogP contribution is 2.37. The van der Waals surface area contributed by atoms with Crippen molar-refractivity contribution in [3.8, 4) is 17.6 Å². The summed E-state index contributed by atoms with van der Waals surface area (Å²) in [4.78, 5) is 25.2. The minimum absolute atomic E-state index is 0.0692. The summed E-state index contributed by atoms with van der Waals surface area (Å²) in [5, 5.41) is 20.1. The van der Waals surface area contributed by atoms with Gasteiger partial charge in [0, 0.05) is 17.7 Å². The molecule has 0 atom stereocenters. The molecule has 0 saturated carbocycles. The van der Waals surface area contributed by atoms with E-state index in [2.05, 4.69) is 6.07 Å². The van der Waals surface area contributed by atoms with Crippen molar-refractivity contribution in [2.45, 2.75) is 6.61 Å². The first-order valence-electron chi connectivity index (χ1n) is 10.2. The third kappa shape index (κ3) is 5.16. The van der Waals surface area contributed by atoms with Crippen LogP contribution in [0, 0.1) is 21.4 Å². The van der Waals surface area contributed by atoms with Gasteiger partial charge in [0.2, 0.25) is 0 Å². The number of carbonyl (C=O) groups excluding carboxylic acids is 1. The second-order valence-electron chi connectivity index (χ2n) is 7.26. The lowest BCUT2D eigenvalue weighted by Gasteiger charge is -2.14. The molecule has 8 nitrogen and oxygen atoms in total. The second kappa shape index (κ2) is 10.4. The standard InChI is InChI=1S/C25H17N3O5S2/c1-32-22-12-16(6-11-21(22)33-15-18-5-3-2-4-17(18)14-26)13-23-24(29)27(25(34)35-23)19-7-9-20(10-8-19)28(30)31/h2-13H,15H2,1H3/b23-13+. The average molecular weight is 504 g/mol. The van der Waals surface area contributed by atoms with E-state index in [9.17, 15) is 20.2 Å². The summed E-state index contributed by atoms with van der Waals surface area (Å²) >= 11 is 6.52. The van der Waals surface area contributed by atoms with Crippen LogP contribution in [0.3, 0.4) is 0 Å². The van der Waals surface area contributed by atoms with E-state index in [1.165, 1.54) is 36.3 Å². The number of nitriles is 1. The first kappa shape index (κ1) is 23.9. The highest BCUT2D eigenvalue weighted by Gasteiger charge is 2.33. The molecule has 0 bridgehead atoms. The Morgan fingerprint density at radius 1 is 1.14 bits per heavy atom. The van der Waals surface area contributed by atoms with Gasteiger partial charge in [-0.2, -0.15) is 5.26 Å². The lowest BCUT2D eigenvalue weighted by Crippen LogP contribution is -2.27.